The van der Waals surface area contributed by atoms with Crippen LogP contribution >= 0.6 is 11.6 Å². The molecule has 0 fully saturated rings. The molecule has 2 aromatic carbocycles. The summed E-state index contributed by atoms with van der Waals surface area (Å²) in [4.78, 5) is 12.5. The highest BCUT2D eigenvalue weighted by molar-refractivity contribution is 6.33. The predicted octanol–water partition coefficient (Wildman–Crippen LogP) is 5.02. The number of nitrogens with one attached hydrogen (secondary N) is 1. The Labute approximate surface area is 184 Å². The van der Waals surface area contributed by atoms with Gasteiger partial charge in [0.1, 0.15) is 28.9 Å². The average molecular weight is 438 g/mol. The van der Waals surface area contributed by atoms with Crippen molar-refractivity contribution in [2.75, 3.05) is 12.4 Å². The normalized spacial score (nSPS) is 10.6. The van der Waals surface area contributed by atoms with Gasteiger partial charge >= 0.3 is 0 Å². The summed E-state index contributed by atoms with van der Waals surface area (Å²) in [5.74, 6) is 1.80. The molecule has 0 bridgehead atoms. The van der Waals surface area contributed by atoms with Crippen LogP contribution in [-0.4, -0.2) is 22.8 Å². The average Bonchev–Trinajstić information content (AvgIpc) is 3.40. The highest BCUT2D eigenvalue weighted by Crippen LogP contribution is 2.23. The minimum Gasteiger partial charge on any atom is -0.497 e. The second kappa shape index (κ2) is 9.40. The largest absolute Gasteiger partial charge is 0.497 e. The fourth-order valence-electron chi connectivity index (χ4n) is 2.93. The molecule has 0 aliphatic rings. The fourth-order valence-corrected chi connectivity index (χ4v) is 3.12. The van der Waals surface area contributed by atoms with E-state index in [1.54, 1.807) is 36.2 Å². The molecule has 158 valence electrons. The van der Waals surface area contributed by atoms with Gasteiger partial charge in [-0.2, -0.15) is 5.10 Å². The van der Waals surface area contributed by atoms with Crippen molar-refractivity contribution in [3.63, 3.8) is 0 Å². The number of carbonyl (C=O) groups excluding carboxylic acids is 1. The van der Waals surface area contributed by atoms with Crippen molar-refractivity contribution in [1.29, 1.82) is 0 Å². The number of rotatable bonds is 8. The first kappa shape index (κ1) is 20.6. The van der Waals surface area contributed by atoms with Crippen LogP contribution < -0.4 is 14.8 Å². The van der Waals surface area contributed by atoms with E-state index in [2.05, 4.69) is 10.4 Å². The number of hydrogen-bond donors (Lipinski definition) is 1. The molecule has 0 atom stereocenters. The van der Waals surface area contributed by atoms with Crippen molar-refractivity contribution in [3.8, 4) is 11.5 Å². The van der Waals surface area contributed by atoms with Gasteiger partial charge in [-0.05, 0) is 29.8 Å². The molecule has 0 spiro atoms. The molecule has 0 aliphatic carbocycles. The molecule has 4 aromatic rings. The third-order valence-corrected chi connectivity index (χ3v) is 4.72. The van der Waals surface area contributed by atoms with E-state index in [4.69, 9.17) is 25.5 Å². The highest BCUT2D eigenvalue weighted by Gasteiger charge is 2.16. The van der Waals surface area contributed by atoms with E-state index in [9.17, 15) is 4.79 Å². The zero-order chi connectivity index (χ0) is 21.6. The molecule has 0 aliphatic heterocycles. The van der Waals surface area contributed by atoms with Crippen LogP contribution in [0.15, 0.2) is 77.3 Å². The van der Waals surface area contributed by atoms with Gasteiger partial charge in [0.05, 0.1) is 13.7 Å². The number of anilines is 1. The summed E-state index contributed by atoms with van der Waals surface area (Å²) in [5, 5.41) is 7.37. The molecule has 0 unspecified atom stereocenters. The van der Waals surface area contributed by atoms with E-state index in [1.165, 1.54) is 0 Å². The zero-order valence-corrected chi connectivity index (χ0v) is 17.5. The second-order valence-corrected chi connectivity index (χ2v) is 7.10. The van der Waals surface area contributed by atoms with E-state index in [1.807, 2.05) is 48.5 Å². The molecule has 0 saturated carbocycles. The predicted molar refractivity (Wildman–Crippen MR) is 117 cm³/mol. The Morgan fingerprint density at radius 2 is 1.90 bits per heavy atom. The molecule has 0 radical (unpaired) electrons. The summed E-state index contributed by atoms with van der Waals surface area (Å²) in [6.07, 6.45) is 1.67. The SMILES string of the molecule is COc1cccc(OCc2ccc(C(=O)Nc3nn(Cc4ccccc4)cc3Cl)o2)c1. The summed E-state index contributed by atoms with van der Waals surface area (Å²) in [7, 11) is 1.59. The van der Waals surface area contributed by atoms with Crippen LogP contribution in [0, 0.1) is 0 Å². The van der Waals surface area contributed by atoms with Crippen molar-refractivity contribution in [3.05, 3.63) is 95.0 Å². The number of amides is 1. The van der Waals surface area contributed by atoms with E-state index in [0.717, 1.165) is 5.56 Å². The number of aromatic nitrogens is 2. The Morgan fingerprint density at radius 3 is 2.71 bits per heavy atom. The van der Waals surface area contributed by atoms with Crippen LogP contribution in [0.3, 0.4) is 0 Å². The number of furan rings is 1. The number of methoxy groups -OCH3 is 1. The lowest BCUT2D eigenvalue weighted by atomic mass is 10.2. The molecule has 2 heterocycles. The summed E-state index contributed by atoms with van der Waals surface area (Å²) >= 11 is 6.23. The number of hydrogen-bond acceptors (Lipinski definition) is 5. The van der Waals surface area contributed by atoms with E-state index in [-0.39, 0.29) is 18.2 Å². The zero-order valence-electron chi connectivity index (χ0n) is 16.7. The molecule has 4 rings (SSSR count). The Kier molecular flexibility index (Phi) is 6.24. The summed E-state index contributed by atoms with van der Waals surface area (Å²) in [6, 6.07) is 20.3. The van der Waals surface area contributed by atoms with E-state index in [0.29, 0.717) is 28.8 Å². The molecule has 2 aromatic heterocycles. The topological polar surface area (TPSA) is 78.5 Å². The lowest BCUT2D eigenvalue weighted by Crippen LogP contribution is -2.12. The van der Waals surface area contributed by atoms with Crippen molar-refractivity contribution in [1.82, 2.24) is 9.78 Å². The van der Waals surface area contributed by atoms with Crippen LogP contribution in [0.4, 0.5) is 5.82 Å². The Morgan fingerprint density at radius 1 is 1.10 bits per heavy atom. The first-order chi connectivity index (χ1) is 15.1. The summed E-state index contributed by atoms with van der Waals surface area (Å²) in [5.41, 5.74) is 1.08. The van der Waals surface area contributed by atoms with Crippen LogP contribution in [-0.2, 0) is 13.2 Å². The maximum Gasteiger partial charge on any atom is 0.292 e. The maximum atomic E-state index is 12.5. The lowest BCUT2D eigenvalue weighted by molar-refractivity contribution is 0.0992. The molecular formula is C23H20ClN3O4. The summed E-state index contributed by atoms with van der Waals surface area (Å²) < 4.78 is 18.1. The lowest BCUT2D eigenvalue weighted by Gasteiger charge is -2.06. The first-order valence-electron chi connectivity index (χ1n) is 9.54. The van der Waals surface area contributed by atoms with E-state index >= 15 is 0 Å². The number of halogens is 1. The smallest absolute Gasteiger partial charge is 0.292 e. The fraction of sp³-hybridized carbons (Fsp3) is 0.130. The summed E-state index contributed by atoms with van der Waals surface area (Å²) in [6.45, 7) is 0.718. The minimum absolute atomic E-state index is 0.137. The molecular weight excluding hydrogens is 418 g/mol. The molecule has 7 nitrogen and oxygen atoms in total. The Hall–Kier alpha value is -3.71. The molecule has 8 heteroatoms. The van der Waals surface area contributed by atoms with Gasteiger partial charge in [0.15, 0.2) is 11.6 Å². The third kappa shape index (κ3) is 5.26. The van der Waals surface area contributed by atoms with Gasteiger partial charge in [-0.1, -0.05) is 48.0 Å². The minimum atomic E-state index is -0.445. The molecule has 0 saturated heterocycles. The monoisotopic (exact) mass is 437 g/mol. The van der Waals surface area contributed by atoms with Gasteiger partial charge in [-0.3, -0.25) is 9.48 Å². The first-order valence-corrected chi connectivity index (χ1v) is 9.92. The van der Waals surface area contributed by atoms with Crippen molar-refractivity contribution >= 4 is 23.3 Å². The quantitative estimate of drug-likeness (QED) is 0.419. The van der Waals surface area contributed by atoms with Crippen LogP contribution in [0.5, 0.6) is 11.5 Å². The van der Waals surface area contributed by atoms with Gasteiger partial charge in [0, 0.05) is 12.3 Å². The van der Waals surface area contributed by atoms with Crippen molar-refractivity contribution in [2.45, 2.75) is 13.2 Å². The highest BCUT2D eigenvalue weighted by atomic mass is 35.5. The number of nitrogens with zero attached hydrogens (tertiary/aromatic N) is 2. The van der Waals surface area contributed by atoms with Gasteiger partial charge < -0.3 is 19.2 Å². The van der Waals surface area contributed by atoms with Crippen LogP contribution in [0.2, 0.25) is 5.02 Å². The van der Waals surface area contributed by atoms with E-state index < -0.39 is 5.91 Å². The van der Waals surface area contributed by atoms with Crippen molar-refractivity contribution < 1.29 is 18.7 Å². The third-order valence-electron chi connectivity index (χ3n) is 4.44. The van der Waals surface area contributed by atoms with Crippen LogP contribution in [0.1, 0.15) is 21.9 Å². The van der Waals surface area contributed by atoms with Gasteiger partial charge in [0.25, 0.3) is 5.91 Å². The Balaban J connectivity index is 1.36. The molecule has 1 amide bonds. The van der Waals surface area contributed by atoms with Crippen molar-refractivity contribution in [2.24, 2.45) is 0 Å². The number of carbonyl (C=O) groups is 1. The maximum absolute atomic E-state index is 12.5. The molecule has 1 N–H and O–H groups in total. The molecule has 31 heavy (non-hydrogen) atoms. The number of benzene rings is 2. The van der Waals surface area contributed by atoms with Gasteiger partial charge in [0.2, 0.25) is 0 Å². The second-order valence-electron chi connectivity index (χ2n) is 6.70. The van der Waals surface area contributed by atoms with Gasteiger partial charge in [-0.15, -0.1) is 0 Å². The standard InChI is InChI=1S/C23H20ClN3O4/c1-29-17-8-5-9-18(12-17)30-15-19-10-11-21(31-19)23(28)25-22-20(24)14-27(26-22)13-16-6-3-2-4-7-16/h2-12,14H,13,15H2,1H3,(H,25,26,28). The Bertz CT molecular complexity index is 1170. The number of ether oxygens (including phenoxy) is 2. The van der Waals surface area contributed by atoms with Crippen LogP contribution in [0.25, 0.3) is 0 Å². The van der Waals surface area contributed by atoms with Gasteiger partial charge in [-0.25, -0.2) is 0 Å².